The van der Waals surface area contributed by atoms with Crippen molar-refractivity contribution < 1.29 is 27.0 Å². The van der Waals surface area contributed by atoms with E-state index in [1.807, 2.05) is 0 Å². The van der Waals surface area contributed by atoms with E-state index in [2.05, 4.69) is 14.8 Å². The van der Waals surface area contributed by atoms with Crippen molar-refractivity contribution in [1.82, 2.24) is 24.5 Å². The average molecular weight is 570 g/mol. The van der Waals surface area contributed by atoms with Gasteiger partial charge in [0, 0.05) is 12.1 Å². The van der Waals surface area contributed by atoms with Crippen LogP contribution < -0.4 is 31.6 Å². The highest BCUT2D eigenvalue weighted by atomic mass is 35.5. The summed E-state index contributed by atoms with van der Waals surface area (Å²) in [7, 11) is 7.81. The highest BCUT2D eigenvalue weighted by Crippen LogP contribution is 2.36. The number of nitrogens with one attached hydrogen (secondary N) is 2. The summed E-state index contributed by atoms with van der Waals surface area (Å²) in [6.07, 6.45) is -0.350. The highest BCUT2D eigenvalue weighted by Gasteiger charge is 2.28. The van der Waals surface area contributed by atoms with Crippen molar-refractivity contribution in [1.29, 1.82) is 0 Å². The van der Waals surface area contributed by atoms with Crippen LogP contribution in [0.1, 0.15) is 31.4 Å². The van der Waals surface area contributed by atoms with E-state index in [4.69, 9.17) is 43.6 Å². The van der Waals surface area contributed by atoms with Crippen molar-refractivity contribution in [3.63, 3.8) is 0 Å². The molecule has 3 N–H and O–H groups in total. The quantitative estimate of drug-likeness (QED) is 0.347. The molecule has 0 saturated heterocycles. The molecule has 0 aliphatic heterocycles. The number of aromatic hydroxyl groups is 1. The van der Waals surface area contributed by atoms with Gasteiger partial charge < -0.3 is 9.84 Å². The van der Waals surface area contributed by atoms with E-state index in [0.717, 1.165) is 18.7 Å². The van der Waals surface area contributed by atoms with Gasteiger partial charge in [0.2, 0.25) is 15.9 Å². The van der Waals surface area contributed by atoms with Crippen LogP contribution in [0.5, 0.6) is 17.4 Å². The van der Waals surface area contributed by atoms with Gasteiger partial charge in [0.1, 0.15) is 20.6 Å². The second kappa shape index (κ2) is 10.1. The fourth-order valence-corrected chi connectivity index (χ4v) is 5.19. The number of benzene rings is 1. The molecule has 0 atom stereocenters. The highest BCUT2D eigenvalue weighted by molar-refractivity contribution is 7.89. The van der Waals surface area contributed by atoms with Gasteiger partial charge in [-0.05, 0) is 23.8 Å². The third-order valence-corrected chi connectivity index (χ3v) is 7.70. The zero-order chi connectivity index (χ0) is 27.2. The molecule has 1 aliphatic rings. The van der Waals surface area contributed by atoms with Gasteiger partial charge in [-0.3, -0.25) is 9.78 Å². The summed E-state index contributed by atoms with van der Waals surface area (Å²) in [5, 5.41) is 12.4. The summed E-state index contributed by atoms with van der Waals surface area (Å²) in [6, 6.07) is 0.639. The lowest BCUT2D eigenvalue weighted by Crippen LogP contribution is -2.40. The first-order valence-corrected chi connectivity index (χ1v) is 12.5. The van der Waals surface area contributed by atoms with Crippen molar-refractivity contribution in [3.05, 3.63) is 48.8 Å². The summed E-state index contributed by atoms with van der Waals surface area (Å²) in [4.78, 5) is 28.8. The SMILES string of the molecule is [B]c1c(Cl)c(Oc2cc(S(=O)(=O)NC3CCC3)c(O)cn2)c(Cl)c([B])c1-n1nc(C(F)F)c(=O)[nH]c1=O. The standard InChI is InChI=1S/C19H13B2Cl2F2N5O6S/c20-10-12(22)16(13(23)11(21)15(10)30-19(33)27-18(32)14(28-30)17(24)25)36-9-4-8(7(31)5-26-9)37(34,35)29-6-2-1-3-6/h4-6,17,29,31H,1-3H2,(H,27,32,33). The van der Waals surface area contributed by atoms with Crippen LogP contribution in [0, 0.1) is 0 Å². The molecule has 0 unspecified atom stereocenters. The second-order valence-corrected chi connectivity index (χ2v) is 10.3. The van der Waals surface area contributed by atoms with E-state index in [1.165, 1.54) is 0 Å². The zero-order valence-corrected chi connectivity index (χ0v) is 20.7. The summed E-state index contributed by atoms with van der Waals surface area (Å²) in [6.45, 7) is 0. The molecule has 0 spiro atoms. The van der Waals surface area contributed by atoms with Gasteiger partial charge in [-0.15, -0.1) is 0 Å². The Hall–Kier alpha value is -2.94. The van der Waals surface area contributed by atoms with E-state index in [9.17, 15) is 31.9 Å². The minimum atomic E-state index is -4.14. The number of ether oxygens (including phenoxy) is 1. The molecule has 3 aromatic rings. The van der Waals surface area contributed by atoms with Crippen LogP contribution in [0.3, 0.4) is 0 Å². The van der Waals surface area contributed by atoms with Crippen LogP contribution in [0.25, 0.3) is 5.69 Å². The Kier molecular flexibility index (Phi) is 7.38. The number of aromatic amines is 1. The molecular weight excluding hydrogens is 557 g/mol. The Bertz CT molecular complexity index is 1600. The van der Waals surface area contributed by atoms with Crippen LogP contribution >= 0.6 is 23.2 Å². The number of H-pyrrole nitrogens is 1. The van der Waals surface area contributed by atoms with E-state index < -0.39 is 76.4 Å². The number of hydrogen-bond acceptors (Lipinski definition) is 8. The normalized spacial score (nSPS) is 14.1. The maximum Gasteiger partial charge on any atom is 0.349 e. The van der Waals surface area contributed by atoms with Gasteiger partial charge in [0.25, 0.3) is 12.0 Å². The fraction of sp³-hybridized carbons (Fsp3) is 0.263. The lowest BCUT2D eigenvalue weighted by atomic mass is 9.84. The summed E-state index contributed by atoms with van der Waals surface area (Å²) >= 11 is 12.5. The first-order chi connectivity index (χ1) is 17.3. The van der Waals surface area contributed by atoms with Gasteiger partial charge in [-0.25, -0.2) is 31.7 Å². The predicted molar refractivity (Wildman–Crippen MR) is 130 cm³/mol. The average Bonchev–Trinajstić information content (AvgIpc) is 2.80. The summed E-state index contributed by atoms with van der Waals surface area (Å²) in [5.41, 5.74) is -5.48. The molecule has 37 heavy (non-hydrogen) atoms. The first kappa shape index (κ1) is 27.1. The number of nitrogens with zero attached hydrogens (tertiary/aromatic N) is 3. The lowest BCUT2D eigenvalue weighted by Gasteiger charge is -2.26. The number of aromatic nitrogens is 4. The van der Waals surface area contributed by atoms with E-state index in [1.54, 1.807) is 4.98 Å². The minimum Gasteiger partial charge on any atom is -0.505 e. The first-order valence-electron chi connectivity index (χ1n) is 10.3. The Balaban J connectivity index is 1.78. The van der Waals surface area contributed by atoms with Gasteiger partial charge in [-0.2, -0.15) is 9.78 Å². The molecule has 1 saturated carbocycles. The molecule has 0 bridgehead atoms. The molecule has 4 rings (SSSR count). The molecule has 2 heterocycles. The molecule has 2 aromatic heterocycles. The summed E-state index contributed by atoms with van der Waals surface area (Å²) in [5.74, 6) is -1.47. The number of pyridine rings is 1. The Morgan fingerprint density at radius 2 is 1.84 bits per heavy atom. The lowest BCUT2D eigenvalue weighted by molar-refractivity contribution is 0.141. The van der Waals surface area contributed by atoms with Crippen molar-refractivity contribution in [2.45, 2.75) is 36.6 Å². The number of halogens is 4. The molecule has 1 aliphatic carbocycles. The molecule has 18 heteroatoms. The predicted octanol–water partition coefficient (Wildman–Crippen LogP) is 0.477. The fourth-order valence-electron chi connectivity index (χ4n) is 3.32. The Morgan fingerprint density at radius 3 is 2.38 bits per heavy atom. The van der Waals surface area contributed by atoms with Crippen LogP contribution in [0.15, 0.2) is 26.7 Å². The van der Waals surface area contributed by atoms with Gasteiger partial charge in [0.15, 0.2) is 17.2 Å². The maximum atomic E-state index is 13.2. The van der Waals surface area contributed by atoms with Gasteiger partial charge in [-0.1, -0.05) is 29.6 Å². The van der Waals surface area contributed by atoms with Gasteiger partial charge >= 0.3 is 5.69 Å². The monoisotopic (exact) mass is 569 g/mol. The van der Waals surface area contributed by atoms with Crippen LogP contribution in [-0.4, -0.2) is 55.0 Å². The van der Waals surface area contributed by atoms with Crippen molar-refractivity contribution in [2.75, 3.05) is 0 Å². The minimum absolute atomic E-state index is 0.270. The van der Waals surface area contributed by atoms with Crippen molar-refractivity contribution in [3.8, 4) is 23.1 Å². The molecule has 1 aromatic carbocycles. The van der Waals surface area contributed by atoms with Crippen molar-refractivity contribution in [2.24, 2.45) is 0 Å². The van der Waals surface area contributed by atoms with E-state index in [-0.39, 0.29) is 11.9 Å². The molecule has 11 nitrogen and oxygen atoms in total. The number of sulfonamides is 1. The van der Waals surface area contributed by atoms with E-state index in [0.29, 0.717) is 17.5 Å². The Labute approximate surface area is 219 Å². The maximum absolute atomic E-state index is 13.2. The van der Waals surface area contributed by atoms with Gasteiger partial charge in [0.05, 0.1) is 21.9 Å². The zero-order valence-electron chi connectivity index (χ0n) is 18.3. The Morgan fingerprint density at radius 1 is 1.22 bits per heavy atom. The van der Waals surface area contributed by atoms with Crippen LogP contribution in [-0.2, 0) is 10.0 Å². The molecular formula is C19H13B2Cl2F2N5O6S. The summed E-state index contributed by atoms with van der Waals surface area (Å²) < 4.78 is 59.9. The molecule has 0 amide bonds. The molecule has 4 radical (unpaired) electrons. The molecule has 1 fully saturated rings. The van der Waals surface area contributed by atoms with Crippen molar-refractivity contribution >= 4 is 59.8 Å². The largest absolute Gasteiger partial charge is 0.505 e. The van der Waals surface area contributed by atoms with E-state index >= 15 is 0 Å². The number of rotatable bonds is 7. The smallest absolute Gasteiger partial charge is 0.349 e. The number of alkyl halides is 2. The second-order valence-electron chi connectivity index (χ2n) is 7.83. The third-order valence-electron chi connectivity index (χ3n) is 5.40. The molecule has 190 valence electrons. The van der Waals surface area contributed by atoms with Crippen LogP contribution in [0.4, 0.5) is 8.78 Å². The topological polar surface area (TPSA) is 156 Å². The van der Waals surface area contributed by atoms with Crippen LogP contribution in [0.2, 0.25) is 10.0 Å². The number of hydrogen-bond donors (Lipinski definition) is 3. The third kappa shape index (κ3) is 5.10.